The second-order valence-corrected chi connectivity index (χ2v) is 6.01. The highest BCUT2D eigenvalue weighted by atomic mass is 16.5. The lowest BCUT2D eigenvalue weighted by Gasteiger charge is -2.17. The van der Waals surface area contributed by atoms with E-state index in [1.807, 2.05) is 62.4 Å². The van der Waals surface area contributed by atoms with E-state index in [-0.39, 0.29) is 5.82 Å². The van der Waals surface area contributed by atoms with E-state index in [0.29, 0.717) is 12.2 Å². The number of ether oxygens (including phenoxy) is 2. The van der Waals surface area contributed by atoms with E-state index in [1.165, 1.54) is 0 Å². The molecule has 0 aliphatic rings. The molecule has 1 heterocycles. The van der Waals surface area contributed by atoms with Crippen LogP contribution >= 0.6 is 0 Å². The molecular weight excluding hydrogens is 338 g/mol. The fourth-order valence-corrected chi connectivity index (χ4v) is 3.12. The van der Waals surface area contributed by atoms with Gasteiger partial charge in [-0.2, -0.15) is 5.26 Å². The third-order valence-corrected chi connectivity index (χ3v) is 4.35. The number of hydrogen-bond donors (Lipinski definition) is 1. The van der Waals surface area contributed by atoms with Crippen LogP contribution in [0.5, 0.6) is 11.5 Å². The average Bonchev–Trinajstić information content (AvgIpc) is 2.68. The fourth-order valence-electron chi connectivity index (χ4n) is 3.12. The largest absolute Gasteiger partial charge is 0.497 e. The molecule has 3 rings (SSSR count). The molecule has 0 unspecified atom stereocenters. The number of nitriles is 1. The molecule has 27 heavy (non-hydrogen) atoms. The van der Waals surface area contributed by atoms with E-state index >= 15 is 0 Å². The summed E-state index contributed by atoms with van der Waals surface area (Å²) in [5.74, 6) is 1.78. The molecule has 0 saturated carbocycles. The fraction of sp³-hybridized carbons (Fsp3) is 0.182. The molecule has 1 aromatic heterocycles. The highest BCUT2D eigenvalue weighted by molar-refractivity contribution is 5.91. The normalized spacial score (nSPS) is 10.3. The van der Waals surface area contributed by atoms with Gasteiger partial charge in [0.05, 0.1) is 13.7 Å². The highest BCUT2D eigenvalue weighted by Gasteiger charge is 2.19. The molecule has 0 aliphatic carbocycles. The van der Waals surface area contributed by atoms with Crippen molar-refractivity contribution in [3.63, 3.8) is 0 Å². The minimum atomic E-state index is 0.233. The van der Waals surface area contributed by atoms with Crippen LogP contribution in [0.15, 0.2) is 48.5 Å². The maximum atomic E-state index is 9.73. The second kappa shape index (κ2) is 7.79. The number of pyridine rings is 1. The number of benzene rings is 2. The van der Waals surface area contributed by atoms with Crippen LogP contribution in [0.3, 0.4) is 0 Å². The Morgan fingerprint density at radius 2 is 1.52 bits per heavy atom. The van der Waals surface area contributed by atoms with Crippen molar-refractivity contribution in [3.05, 3.63) is 59.8 Å². The van der Waals surface area contributed by atoms with E-state index < -0.39 is 0 Å². The summed E-state index contributed by atoms with van der Waals surface area (Å²) in [6.45, 7) is 4.44. The van der Waals surface area contributed by atoms with Crippen LogP contribution < -0.4 is 15.2 Å². The van der Waals surface area contributed by atoms with Gasteiger partial charge in [-0.05, 0) is 49.2 Å². The monoisotopic (exact) mass is 359 g/mol. The minimum absolute atomic E-state index is 0.233. The van der Waals surface area contributed by atoms with Crippen LogP contribution in [-0.2, 0) is 0 Å². The molecule has 2 aromatic carbocycles. The summed E-state index contributed by atoms with van der Waals surface area (Å²) in [6, 6.07) is 17.6. The summed E-state index contributed by atoms with van der Waals surface area (Å²) in [5, 5.41) is 9.73. The average molecular weight is 359 g/mol. The van der Waals surface area contributed by atoms with E-state index in [2.05, 4.69) is 11.1 Å². The molecule has 3 aromatic rings. The molecule has 0 amide bonds. The number of hydrogen-bond acceptors (Lipinski definition) is 5. The third-order valence-electron chi connectivity index (χ3n) is 4.35. The molecule has 0 aliphatic heterocycles. The van der Waals surface area contributed by atoms with Crippen LogP contribution in [-0.4, -0.2) is 18.7 Å². The molecule has 0 spiro atoms. The van der Waals surface area contributed by atoms with Crippen LogP contribution in [0.25, 0.3) is 22.3 Å². The number of aryl methyl sites for hydroxylation is 1. The lowest BCUT2D eigenvalue weighted by Crippen LogP contribution is -2.03. The third kappa shape index (κ3) is 3.56. The lowest BCUT2D eigenvalue weighted by molar-refractivity contribution is 0.340. The number of nitrogens with zero attached hydrogens (tertiary/aromatic N) is 2. The Bertz CT molecular complexity index is 988. The Morgan fingerprint density at radius 3 is 2.04 bits per heavy atom. The van der Waals surface area contributed by atoms with Crippen molar-refractivity contribution in [1.82, 2.24) is 4.98 Å². The molecule has 0 saturated heterocycles. The van der Waals surface area contributed by atoms with Crippen LogP contribution in [0, 0.1) is 18.3 Å². The summed E-state index contributed by atoms with van der Waals surface area (Å²) in [7, 11) is 1.63. The van der Waals surface area contributed by atoms with E-state index in [0.717, 1.165) is 39.4 Å². The van der Waals surface area contributed by atoms with Crippen molar-refractivity contribution in [2.75, 3.05) is 19.5 Å². The smallest absolute Gasteiger partial charge is 0.142 e. The predicted octanol–water partition coefficient (Wildman–Crippen LogP) is 4.59. The predicted molar refractivity (Wildman–Crippen MR) is 107 cm³/mol. The first-order chi connectivity index (χ1) is 13.1. The highest BCUT2D eigenvalue weighted by Crippen LogP contribution is 2.39. The van der Waals surface area contributed by atoms with Gasteiger partial charge in [-0.15, -0.1) is 0 Å². The topological polar surface area (TPSA) is 81.2 Å². The summed E-state index contributed by atoms with van der Waals surface area (Å²) >= 11 is 0. The maximum absolute atomic E-state index is 9.73. The van der Waals surface area contributed by atoms with Gasteiger partial charge in [0, 0.05) is 16.8 Å². The van der Waals surface area contributed by atoms with Gasteiger partial charge >= 0.3 is 0 Å². The van der Waals surface area contributed by atoms with Crippen LogP contribution in [0.1, 0.15) is 18.2 Å². The van der Waals surface area contributed by atoms with Gasteiger partial charge < -0.3 is 15.2 Å². The first-order valence-electron chi connectivity index (χ1n) is 8.66. The van der Waals surface area contributed by atoms with Gasteiger partial charge in [-0.25, -0.2) is 4.98 Å². The van der Waals surface area contributed by atoms with Crippen molar-refractivity contribution >= 4 is 5.82 Å². The Balaban J connectivity index is 2.25. The van der Waals surface area contributed by atoms with Crippen molar-refractivity contribution in [2.24, 2.45) is 0 Å². The van der Waals surface area contributed by atoms with Crippen molar-refractivity contribution in [3.8, 4) is 39.8 Å². The number of anilines is 1. The van der Waals surface area contributed by atoms with Gasteiger partial charge in [0.1, 0.15) is 28.9 Å². The number of methoxy groups -OCH3 is 1. The van der Waals surface area contributed by atoms with Crippen molar-refractivity contribution in [1.29, 1.82) is 5.26 Å². The number of nitrogens with two attached hydrogens (primary N) is 1. The molecule has 5 nitrogen and oxygen atoms in total. The molecule has 2 N–H and O–H groups in total. The zero-order chi connectivity index (χ0) is 19.4. The Morgan fingerprint density at radius 1 is 0.963 bits per heavy atom. The van der Waals surface area contributed by atoms with E-state index in [4.69, 9.17) is 15.2 Å². The van der Waals surface area contributed by atoms with Gasteiger partial charge in [0.25, 0.3) is 0 Å². The van der Waals surface area contributed by atoms with E-state index in [1.54, 1.807) is 7.11 Å². The first-order valence-corrected chi connectivity index (χ1v) is 8.66. The Labute approximate surface area is 159 Å². The summed E-state index contributed by atoms with van der Waals surface area (Å²) < 4.78 is 10.8. The maximum Gasteiger partial charge on any atom is 0.142 e. The second-order valence-electron chi connectivity index (χ2n) is 6.01. The zero-order valence-electron chi connectivity index (χ0n) is 15.6. The number of rotatable bonds is 5. The van der Waals surface area contributed by atoms with E-state index in [9.17, 15) is 5.26 Å². The minimum Gasteiger partial charge on any atom is -0.497 e. The molecule has 136 valence electrons. The van der Waals surface area contributed by atoms with Gasteiger partial charge in [-0.1, -0.05) is 24.3 Å². The molecule has 0 atom stereocenters. The van der Waals surface area contributed by atoms with Crippen LogP contribution in [0.4, 0.5) is 5.82 Å². The summed E-state index contributed by atoms with van der Waals surface area (Å²) in [6.07, 6.45) is 0. The van der Waals surface area contributed by atoms with Gasteiger partial charge in [0.15, 0.2) is 0 Å². The lowest BCUT2D eigenvalue weighted by atomic mass is 9.90. The zero-order valence-corrected chi connectivity index (χ0v) is 15.6. The standard InChI is InChI=1S/C22H21N3O2/c1-4-27-18-11-7-16(8-12-18)21-19(13-23)22(24)25-14(2)20(21)15-5-9-17(26-3)10-6-15/h5-12H,4H2,1-3H3,(H2,24,25). The Hall–Kier alpha value is -3.52. The van der Waals surface area contributed by atoms with Crippen LogP contribution in [0.2, 0.25) is 0 Å². The van der Waals surface area contributed by atoms with Crippen molar-refractivity contribution < 1.29 is 9.47 Å². The molecule has 0 bridgehead atoms. The quantitative estimate of drug-likeness (QED) is 0.721. The Kier molecular flexibility index (Phi) is 5.28. The number of aromatic nitrogens is 1. The summed E-state index contributed by atoms with van der Waals surface area (Å²) in [5.41, 5.74) is 10.7. The van der Waals surface area contributed by atoms with Gasteiger partial charge in [0.2, 0.25) is 0 Å². The van der Waals surface area contributed by atoms with Crippen molar-refractivity contribution in [2.45, 2.75) is 13.8 Å². The molecule has 5 heteroatoms. The summed E-state index contributed by atoms with van der Waals surface area (Å²) in [4.78, 5) is 4.40. The molecule has 0 radical (unpaired) electrons. The van der Waals surface area contributed by atoms with Gasteiger partial charge in [-0.3, -0.25) is 0 Å². The SMILES string of the molecule is CCOc1ccc(-c2c(C#N)c(N)nc(C)c2-c2ccc(OC)cc2)cc1. The molecule has 0 fully saturated rings. The molecular formula is C22H21N3O2. The first kappa shape index (κ1) is 18.3. The number of nitrogen functional groups attached to an aromatic ring is 1.